The van der Waals surface area contributed by atoms with E-state index in [1.807, 2.05) is 74.5 Å². The first-order chi connectivity index (χ1) is 13.0. The molecule has 27 heavy (non-hydrogen) atoms. The van der Waals surface area contributed by atoms with Crippen molar-refractivity contribution in [2.75, 3.05) is 6.54 Å². The van der Waals surface area contributed by atoms with E-state index >= 15 is 0 Å². The van der Waals surface area contributed by atoms with Crippen LogP contribution in [0, 0.1) is 0 Å². The van der Waals surface area contributed by atoms with Crippen molar-refractivity contribution in [3.63, 3.8) is 0 Å². The molecular formula is C22H27N3O2. The number of likely N-dealkylation sites (tertiary alicyclic amines) is 1. The minimum Gasteiger partial charge on any atom is -0.352 e. The van der Waals surface area contributed by atoms with E-state index in [1.54, 1.807) is 4.90 Å². The normalized spacial score (nSPS) is 19.5. The van der Waals surface area contributed by atoms with Gasteiger partial charge in [0.1, 0.15) is 6.04 Å². The summed E-state index contributed by atoms with van der Waals surface area (Å²) in [6.07, 6.45) is 0.487. The van der Waals surface area contributed by atoms with Gasteiger partial charge in [-0.2, -0.15) is 0 Å². The highest BCUT2D eigenvalue weighted by Gasteiger charge is 2.41. The van der Waals surface area contributed by atoms with Gasteiger partial charge in [-0.1, -0.05) is 60.7 Å². The Morgan fingerprint density at radius 2 is 1.52 bits per heavy atom. The molecule has 1 saturated heterocycles. The zero-order valence-electron chi connectivity index (χ0n) is 15.8. The third-order valence-corrected chi connectivity index (χ3v) is 4.86. The highest BCUT2D eigenvalue weighted by molar-refractivity contribution is 5.93. The Morgan fingerprint density at radius 1 is 1.00 bits per heavy atom. The fourth-order valence-corrected chi connectivity index (χ4v) is 3.68. The number of rotatable bonds is 5. The van der Waals surface area contributed by atoms with Crippen molar-refractivity contribution in [3.8, 4) is 0 Å². The number of amides is 2. The summed E-state index contributed by atoms with van der Waals surface area (Å²) in [5, 5.41) is 2.92. The zero-order chi connectivity index (χ0) is 19.4. The first-order valence-electron chi connectivity index (χ1n) is 9.43. The molecule has 142 valence electrons. The SMILES string of the molecule is CC(C)NC(=O)[C@@H]1C[C@H](N)CN1C(=O)C(c1ccccc1)c1ccccc1. The average molecular weight is 365 g/mol. The molecular weight excluding hydrogens is 338 g/mol. The monoisotopic (exact) mass is 365 g/mol. The van der Waals surface area contributed by atoms with E-state index in [-0.39, 0.29) is 23.9 Å². The van der Waals surface area contributed by atoms with Crippen molar-refractivity contribution >= 4 is 11.8 Å². The lowest BCUT2D eigenvalue weighted by Gasteiger charge is -2.29. The van der Waals surface area contributed by atoms with Crippen LogP contribution in [0.2, 0.25) is 0 Å². The van der Waals surface area contributed by atoms with Gasteiger partial charge >= 0.3 is 0 Å². The van der Waals surface area contributed by atoms with Crippen LogP contribution in [-0.4, -0.2) is 41.4 Å². The van der Waals surface area contributed by atoms with E-state index in [2.05, 4.69) is 5.32 Å². The van der Waals surface area contributed by atoms with Crippen molar-refractivity contribution in [2.24, 2.45) is 5.73 Å². The van der Waals surface area contributed by atoms with Crippen LogP contribution < -0.4 is 11.1 Å². The predicted molar refractivity (Wildman–Crippen MR) is 106 cm³/mol. The molecule has 1 aliphatic rings. The summed E-state index contributed by atoms with van der Waals surface area (Å²) in [6, 6.07) is 18.7. The lowest BCUT2D eigenvalue weighted by atomic mass is 9.90. The summed E-state index contributed by atoms with van der Waals surface area (Å²) in [4.78, 5) is 27.9. The number of nitrogens with one attached hydrogen (secondary N) is 1. The first-order valence-corrected chi connectivity index (χ1v) is 9.43. The van der Waals surface area contributed by atoms with Crippen LogP contribution >= 0.6 is 0 Å². The number of benzene rings is 2. The molecule has 0 radical (unpaired) electrons. The van der Waals surface area contributed by atoms with Gasteiger partial charge in [0.2, 0.25) is 11.8 Å². The fourth-order valence-electron chi connectivity index (χ4n) is 3.68. The third kappa shape index (κ3) is 4.37. The highest BCUT2D eigenvalue weighted by atomic mass is 16.2. The summed E-state index contributed by atoms with van der Waals surface area (Å²) in [5.41, 5.74) is 7.95. The summed E-state index contributed by atoms with van der Waals surface area (Å²) in [7, 11) is 0. The van der Waals surface area contributed by atoms with Crippen molar-refractivity contribution in [2.45, 2.75) is 44.3 Å². The molecule has 0 bridgehead atoms. The topological polar surface area (TPSA) is 75.4 Å². The number of nitrogens with two attached hydrogens (primary N) is 1. The Morgan fingerprint density at radius 3 is 2.00 bits per heavy atom. The molecule has 1 fully saturated rings. The summed E-state index contributed by atoms with van der Waals surface area (Å²) in [5.74, 6) is -0.664. The van der Waals surface area contributed by atoms with E-state index in [9.17, 15) is 9.59 Å². The van der Waals surface area contributed by atoms with Gasteiger partial charge in [0.15, 0.2) is 0 Å². The first kappa shape index (κ1) is 19.1. The lowest BCUT2D eigenvalue weighted by molar-refractivity contribution is -0.139. The minimum atomic E-state index is -0.523. The molecule has 2 atom stereocenters. The zero-order valence-corrected chi connectivity index (χ0v) is 15.8. The molecule has 1 aliphatic heterocycles. The Hall–Kier alpha value is -2.66. The molecule has 2 aromatic carbocycles. The Labute approximate surface area is 160 Å². The van der Waals surface area contributed by atoms with Crippen molar-refractivity contribution in [1.82, 2.24) is 10.2 Å². The fraction of sp³-hybridized carbons (Fsp3) is 0.364. The van der Waals surface area contributed by atoms with E-state index in [0.29, 0.717) is 13.0 Å². The molecule has 3 rings (SSSR count). The lowest BCUT2D eigenvalue weighted by Crippen LogP contribution is -2.49. The number of hydrogen-bond acceptors (Lipinski definition) is 3. The van der Waals surface area contributed by atoms with E-state index < -0.39 is 12.0 Å². The standard InChI is InChI=1S/C22H27N3O2/c1-15(2)24-21(26)19-13-18(23)14-25(19)22(27)20(16-9-5-3-6-10-16)17-11-7-4-8-12-17/h3-12,15,18-20H,13-14,23H2,1-2H3,(H,24,26)/t18-,19-/m0/s1. The van der Waals surface area contributed by atoms with Crippen molar-refractivity contribution in [3.05, 3.63) is 71.8 Å². The minimum absolute atomic E-state index is 0.0188. The van der Waals surface area contributed by atoms with Gasteiger partial charge in [0, 0.05) is 18.6 Å². The van der Waals surface area contributed by atoms with E-state index in [4.69, 9.17) is 5.73 Å². The maximum absolute atomic E-state index is 13.6. The maximum Gasteiger partial charge on any atom is 0.243 e. The van der Waals surface area contributed by atoms with Crippen LogP contribution in [0.15, 0.2) is 60.7 Å². The van der Waals surface area contributed by atoms with Crippen LogP contribution in [0.1, 0.15) is 37.3 Å². The maximum atomic E-state index is 13.6. The molecule has 0 unspecified atom stereocenters. The highest BCUT2D eigenvalue weighted by Crippen LogP contribution is 2.30. The predicted octanol–water partition coefficient (Wildman–Crippen LogP) is 2.27. The molecule has 5 nitrogen and oxygen atoms in total. The molecule has 0 saturated carbocycles. The quantitative estimate of drug-likeness (QED) is 0.853. The molecule has 0 aromatic heterocycles. The molecule has 0 aliphatic carbocycles. The number of carbonyl (C=O) groups excluding carboxylic acids is 2. The van der Waals surface area contributed by atoms with Crippen molar-refractivity contribution < 1.29 is 9.59 Å². The number of nitrogens with zero attached hydrogens (tertiary/aromatic N) is 1. The van der Waals surface area contributed by atoms with Crippen molar-refractivity contribution in [1.29, 1.82) is 0 Å². The van der Waals surface area contributed by atoms with Crippen LogP contribution in [0.25, 0.3) is 0 Å². The van der Waals surface area contributed by atoms with Crippen LogP contribution in [0.3, 0.4) is 0 Å². The van der Waals surface area contributed by atoms with Gasteiger partial charge < -0.3 is 16.0 Å². The molecule has 2 amide bonds. The van der Waals surface area contributed by atoms with Crippen LogP contribution in [-0.2, 0) is 9.59 Å². The van der Waals surface area contributed by atoms with Crippen LogP contribution in [0.4, 0.5) is 0 Å². The summed E-state index contributed by atoms with van der Waals surface area (Å²) in [6.45, 7) is 4.22. The number of carbonyl (C=O) groups is 2. The van der Waals surface area contributed by atoms with Gasteiger partial charge in [-0.05, 0) is 31.4 Å². The second kappa shape index (κ2) is 8.35. The van der Waals surface area contributed by atoms with Gasteiger partial charge in [-0.25, -0.2) is 0 Å². The number of hydrogen-bond donors (Lipinski definition) is 2. The molecule has 0 spiro atoms. The Balaban J connectivity index is 1.94. The molecule has 5 heteroatoms. The van der Waals surface area contributed by atoms with E-state index in [1.165, 1.54) is 0 Å². The molecule has 2 aromatic rings. The smallest absolute Gasteiger partial charge is 0.243 e. The van der Waals surface area contributed by atoms with E-state index in [0.717, 1.165) is 11.1 Å². The van der Waals surface area contributed by atoms with Gasteiger partial charge in [-0.3, -0.25) is 9.59 Å². The van der Waals surface area contributed by atoms with Gasteiger partial charge in [-0.15, -0.1) is 0 Å². The molecule has 3 N–H and O–H groups in total. The summed E-state index contributed by atoms with van der Waals surface area (Å²) >= 11 is 0. The average Bonchev–Trinajstić information content (AvgIpc) is 3.05. The second-order valence-electron chi connectivity index (χ2n) is 7.42. The third-order valence-electron chi connectivity index (χ3n) is 4.86. The van der Waals surface area contributed by atoms with Crippen LogP contribution in [0.5, 0.6) is 0 Å². The Kier molecular flexibility index (Phi) is 5.91. The molecule has 1 heterocycles. The second-order valence-corrected chi connectivity index (χ2v) is 7.42. The largest absolute Gasteiger partial charge is 0.352 e. The Bertz CT molecular complexity index is 737. The van der Waals surface area contributed by atoms with Gasteiger partial charge in [0.05, 0.1) is 5.92 Å². The summed E-state index contributed by atoms with van der Waals surface area (Å²) < 4.78 is 0. The van der Waals surface area contributed by atoms with Gasteiger partial charge in [0.25, 0.3) is 0 Å².